The topological polar surface area (TPSA) is 51.8 Å². The van der Waals surface area contributed by atoms with Crippen LogP contribution in [0.5, 0.6) is 0 Å². The van der Waals surface area contributed by atoms with E-state index in [0.29, 0.717) is 5.82 Å². The maximum absolute atomic E-state index is 6.78. The number of pyridine rings is 1. The first kappa shape index (κ1) is 28.2. The summed E-state index contributed by atoms with van der Waals surface area (Å²) >= 11 is 1.74. The van der Waals surface area contributed by atoms with Gasteiger partial charge in [-0.25, -0.2) is 9.97 Å². The molecule has 1 fully saturated rings. The Labute approximate surface area is 293 Å². The number of benzene rings is 5. The number of furan rings is 1. The molecule has 0 unspecified atom stereocenters. The molecule has 4 heterocycles. The number of nitrogens with zero attached hydrogens (tertiary/aromatic N) is 3. The van der Waals surface area contributed by atoms with Crippen LogP contribution < -0.4 is 0 Å². The van der Waals surface area contributed by atoms with Crippen LogP contribution in [0.3, 0.4) is 0 Å². The van der Waals surface area contributed by atoms with Crippen molar-refractivity contribution in [3.63, 3.8) is 0 Å². The van der Waals surface area contributed by atoms with Gasteiger partial charge in [-0.3, -0.25) is 4.98 Å². The SMILES string of the molecule is c1ccc2c(c1)-c1c(-c3cccc4c3oc3ccc(-c5nc(-c6ccncc6)c6sc7ccccc7c6n5)cc34)cccc1C21CCCCC1. The highest BCUT2D eigenvalue weighted by Gasteiger charge is 2.44. The van der Waals surface area contributed by atoms with Crippen LogP contribution in [0, 0.1) is 0 Å². The van der Waals surface area contributed by atoms with Crippen LogP contribution in [-0.4, -0.2) is 15.0 Å². The molecule has 11 rings (SSSR count). The highest BCUT2D eigenvalue weighted by molar-refractivity contribution is 7.26. The quantitative estimate of drug-likeness (QED) is 0.189. The molecule has 4 aromatic heterocycles. The lowest BCUT2D eigenvalue weighted by Gasteiger charge is -2.36. The molecule has 0 amide bonds. The monoisotopic (exact) mass is 661 g/mol. The zero-order valence-electron chi connectivity index (χ0n) is 27.3. The van der Waals surface area contributed by atoms with Crippen molar-refractivity contribution in [1.82, 2.24) is 15.0 Å². The van der Waals surface area contributed by atoms with E-state index in [1.54, 1.807) is 11.3 Å². The maximum Gasteiger partial charge on any atom is 0.160 e. The van der Waals surface area contributed by atoms with Crippen molar-refractivity contribution in [1.29, 1.82) is 0 Å². The Bertz CT molecular complexity index is 2810. The number of hydrogen-bond donors (Lipinski definition) is 0. The minimum absolute atomic E-state index is 0.112. The van der Waals surface area contributed by atoms with Crippen LogP contribution in [0.1, 0.15) is 43.2 Å². The van der Waals surface area contributed by atoms with E-state index in [-0.39, 0.29) is 5.41 Å². The highest BCUT2D eigenvalue weighted by atomic mass is 32.1. The van der Waals surface area contributed by atoms with E-state index >= 15 is 0 Å². The second kappa shape index (κ2) is 10.7. The number of hydrogen-bond acceptors (Lipinski definition) is 5. The van der Waals surface area contributed by atoms with Crippen molar-refractivity contribution in [2.45, 2.75) is 37.5 Å². The Hall–Kier alpha value is -5.65. The van der Waals surface area contributed by atoms with Crippen LogP contribution in [0.25, 0.3) is 87.1 Å². The molecular formula is C45H31N3OS. The van der Waals surface area contributed by atoms with Gasteiger partial charge in [-0.1, -0.05) is 98.1 Å². The van der Waals surface area contributed by atoms with Crippen molar-refractivity contribution in [2.75, 3.05) is 0 Å². The lowest BCUT2D eigenvalue weighted by Crippen LogP contribution is -2.27. The molecule has 0 bridgehead atoms. The summed E-state index contributed by atoms with van der Waals surface area (Å²) in [7, 11) is 0. The molecule has 1 saturated carbocycles. The third-order valence-corrected chi connectivity index (χ3v) is 12.4. The number of para-hydroxylation sites is 1. The molecule has 238 valence electrons. The van der Waals surface area contributed by atoms with Gasteiger partial charge in [0.2, 0.25) is 0 Å². The van der Waals surface area contributed by atoms with Gasteiger partial charge in [-0.2, -0.15) is 0 Å². The smallest absolute Gasteiger partial charge is 0.160 e. The molecular weight excluding hydrogens is 631 g/mol. The molecule has 4 nitrogen and oxygen atoms in total. The van der Waals surface area contributed by atoms with Gasteiger partial charge < -0.3 is 4.42 Å². The van der Waals surface area contributed by atoms with E-state index in [2.05, 4.69) is 108 Å². The van der Waals surface area contributed by atoms with Crippen molar-refractivity contribution in [3.05, 3.63) is 139 Å². The molecule has 5 heteroatoms. The van der Waals surface area contributed by atoms with Crippen LogP contribution in [0.15, 0.2) is 132 Å². The van der Waals surface area contributed by atoms with Crippen molar-refractivity contribution in [3.8, 4) is 44.9 Å². The molecule has 0 N–H and O–H groups in total. The van der Waals surface area contributed by atoms with Crippen molar-refractivity contribution < 1.29 is 4.42 Å². The lowest BCUT2D eigenvalue weighted by atomic mass is 9.68. The predicted octanol–water partition coefficient (Wildman–Crippen LogP) is 12.4. The lowest BCUT2D eigenvalue weighted by molar-refractivity contribution is 0.353. The Balaban J connectivity index is 1.11. The zero-order chi connectivity index (χ0) is 32.8. The fourth-order valence-electron chi connectivity index (χ4n) is 9.00. The molecule has 2 aliphatic rings. The molecule has 5 aromatic carbocycles. The Morgan fingerprint density at radius 2 is 1.36 bits per heavy atom. The number of aromatic nitrogens is 3. The zero-order valence-corrected chi connectivity index (χ0v) is 28.1. The fourth-order valence-corrected chi connectivity index (χ4v) is 10.2. The third kappa shape index (κ3) is 3.95. The van der Waals surface area contributed by atoms with E-state index in [1.807, 2.05) is 24.5 Å². The first-order valence-electron chi connectivity index (χ1n) is 17.6. The standard InChI is InChI=1S/C45H31N3OS/c1-6-22-45(23-7-1)35-15-4-2-10-32(35)39-29(12-9-16-36(39)45)30-13-8-14-31-34-26-28(18-19-37(34)49-42(30)31)44-47-40(27-20-24-46-25-21-27)43-41(48-44)33-11-3-5-17-38(33)50-43/h2-5,8-21,24-26H,1,6-7,22-23H2. The van der Waals surface area contributed by atoms with E-state index in [0.717, 1.165) is 59.9 Å². The third-order valence-electron chi connectivity index (χ3n) is 11.2. The minimum Gasteiger partial charge on any atom is -0.455 e. The molecule has 0 aliphatic heterocycles. The predicted molar refractivity (Wildman–Crippen MR) is 206 cm³/mol. The number of thiophene rings is 1. The molecule has 0 radical (unpaired) electrons. The normalized spacial score (nSPS) is 15.0. The van der Waals surface area contributed by atoms with Crippen molar-refractivity contribution >= 4 is 53.6 Å². The maximum atomic E-state index is 6.78. The average Bonchev–Trinajstić information content (AvgIpc) is 3.84. The first-order valence-corrected chi connectivity index (χ1v) is 18.4. The summed E-state index contributed by atoms with van der Waals surface area (Å²) in [5.41, 5.74) is 14.0. The first-order chi connectivity index (χ1) is 24.8. The highest BCUT2D eigenvalue weighted by Crippen LogP contribution is 2.58. The van der Waals surface area contributed by atoms with Gasteiger partial charge in [-0.05, 0) is 77.1 Å². The van der Waals surface area contributed by atoms with Crippen LogP contribution in [-0.2, 0) is 5.41 Å². The van der Waals surface area contributed by atoms with Crippen LogP contribution in [0.2, 0.25) is 0 Å². The van der Waals surface area contributed by atoms with E-state index in [9.17, 15) is 0 Å². The fraction of sp³-hybridized carbons (Fsp3) is 0.133. The second-order valence-electron chi connectivity index (χ2n) is 13.8. The second-order valence-corrected chi connectivity index (χ2v) is 14.9. The summed E-state index contributed by atoms with van der Waals surface area (Å²) in [4.78, 5) is 14.7. The minimum atomic E-state index is 0.112. The van der Waals surface area contributed by atoms with Crippen LogP contribution >= 0.6 is 11.3 Å². The largest absolute Gasteiger partial charge is 0.455 e. The van der Waals surface area contributed by atoms with Gasteiger partial charge in [0.25, 0.3) is 0 Å². The van der Waals surface area contributed by atoms with Crippen LogP contribution in [0.4, 0.5) is 0 Å². The van der Waals surface area contributed by atoms with E-state index in [4.69, 9.17) is 14.4 Å². The van der Waals surface area contributed by atoms with Gasteiger partial charge in [-0.15, -0.1) is 11.3 Å². The number of fused-ring (bicyclic) bond motifs is 11. The molecule has 2 aliphatic carbocycles. The van der Waals surface area contributed by atoms with E-state index in [1.165, 1.54) is 64.6 Å². The average molecular weight is 662 g/mol. The van der Waals surface area contributed by atoms with Gasteiger partial charge in [0.05, 0.1) is 15.9 Å². The van der Waals surface area contributed by atoms with Gasteiger partial charge in [0.1, 0.15) is 11.2 Å². The Kier molecular flexibility index (Phi) is 6.02. The van der Waals surface area contributed by atoms with Crippen molar-refractivity contribution in [2.24, 2.45) is 0 Å². The Morgan fingerprint density at radius 3 is 2.28 bits per heavy atom. The summed E-state index contributed by atoms with van der Waals surface area (Å²) in [6.07, 6.45) is 9.98. The summed E-state index contributed by atoms with van der Waals surface area (Å²) in [6, 6.07) is 41.6. The molecule has 0 saturated heterocycles. The van der Waals surface area contributed by atoms with Gasteiger partial charge in [0, 0.05) is 55.4 Å². The molecule has 50 heavy (non-hydrogen) atoms. The van der Waals surface area contributed by atoms with Gasteiger partial charge >= 0.3 is 0 Å². The summed E-state index contributed by atoms with van der Waals surface area (Å²) in [6.45, 7) is 0. The molecule has 9 aromatic rings. The Morgan fingerprint density at radius 1 is 0.600 bits per heavy atom. The summed E-state index contributed by atoms with van der Waals surface area (Å²) in [5.74, 6) is 0.704. The molecule has 1 spiro atoms. The van der Waals surface area contributed by atoms with E-state index < -0.39 is 0 Å². The summed E-state index contributed by atoms with van der Waals surface area (Å²) in [5, 5.41) is 3.32. The van der Waals surface area contributed by atoms with Gasteiger partial charge in [0.15, 0.2) is 5.82 Å². The number of rotatable bonds is 3. The molecule has 0 atom stereocenters. The summed E-state index contributed by atoms with van der Waals surface area (Å²) < 4.78 is 9.07.